The fourth-order valence-corrected chi connectivity index (χ4v) is 7.21. The predicted octanol–water partition coefficient (Wildman–Crippen LogP) is 4.88. The number of nitrogens with zero attached hydrogens (tertiary/aromatic N) is 3. The van der Waals surface area contributed by atoms with Gasteiger partial charge in [0.05, 0.1) is 5.75 Å². The number of thioether (sulfide) groups is 1. The molecule has 2 amide bonds. The summed E-state index contributed by atoms with van der Waals surface area (Å²) in [6.07, 6.45) is 10.8. The number of hydrogen-bond acceptors (Lipinski definition) is 6. The van der Waals surface area contributed by atoms with E-state index in [1.807, 2.05) is 35.2 Å². The first-order chi connectivity index (χ1) is 19.7. The summed E-state index contributed by atoms with van der Waals surface area (Å²) in [5, 5.41) is 3.10. The standard InChI is InChI=1S/C30H35N3O5S2Se/c1-3-5-18-32-28(34)24(29(35)33(30(32)41)19-6-4-2)14-9-10-15-26-31(20-11-21-40(36,37)38)25-17-16-22-12-7-8-13-23(22)27(25)39-26/h7-10,12-17H,3-6,11,18-21H2,1-2H3,(H,36,37,38). The Morgan fingerprint density at radius 3 is 2.10 bits per heavy atom. The summed E-state index contributed by atoms with van der Waals surface area (Å²) in [4.78, 5) is 33.0. The molecule has 2 heterocycles. The Morgan fingerprint density at radius 1 is 0.854 bits per heavy atom. The monoisotopic (exact) mass is 661 g/mol. The van der Waals surface area contributed by atoms with Crippen molar-refractivity contribution in [1.29, 1.82) is 0 Å². The molecular formula is C30H35N3O5S2Se. The minimum absolute atomic E-state index is 0.129. The average Bonchev–Trinajstić information content (AvgIpc) is 3.29. The van der Waals surface area contributed by atoms with E-state index in [-0.39, 0.29) is 29.6 Å². The normalized spacial score (nSPS) is 17.0. The molecule has 0 bridgehead atoms. The molecule has 0 saturated carbocycles. The summed E-state index contributed by atoms with van der Waals surface area (Å²) in [6.45, 7) is 5.61. The molecule has 11 heteroatoms. The van der Waals surface area contributed by atoms with Crippen LogP contribution in [0.2, 0.25) is 0 Å². The number of fused-ring (bicyclic) bond motifs is 3. The fraction of sp³-hybridized carbons (Fsp3) is 0.367. The first kappa shape index (κ1) is 31.2. The van der Waals surface area contributed by atoms with E-state index in [0.717, 1.165) is 52.1 Å². The van der Waals surface area contributed by atoms with Gasteiger partial charge in [0.1, 0.15) is 0 Å². The summed E-state index contributed by atoms with van der Waals surface area (Å²) in [6, 6.07) is 12.2. The zero-order valence-corrected chi connectivity index (χ0v) is 26.6. The van der Waals surface area contributed by atoms with Crippen LogP contribution in [-0.4, -0.2) is 80.2 Å². The van der Waals surface area contributed by atoms with E-state index in [1.165, 1.54) is 0 Å². The van der Waals surface area contributed by atoms with Gasteiger partial charge in [-0.05, 0) is 5.39 Å². The van der Waals surface area contributed by atoms with Crippen molar-refractivity contribution in [2.24, 2.45) is 0 Å². The van der Waals surface area contributed by atoms with Crippen LogP contribution in [0.5, 0.6) is 0 Å². The van der Waals surface area contributed by atoms with Crippen LogP contribution in [0, 0.1) is 0 Å². The van der Waals surface area contributed by atoms with Gasteiger partial charge in [0.2, 0.25) is 0 Å². The molecule has 0 atom stereocenters. The van der Waals surface area contributed by atoms with Crippen LogP contribution in [0.25, 0.3) is 10.8 Å². The Morgan fingerprint density at radius 2 is 1.46 bits per heavy atom. The quantitative estimate of drug-likeness (QED) is 0.150. The molecule has 1 saturated heterocycles. The van der Waals surface area contributed by atoms with Crippen molar-refractivity contribution < 1.29 is 22.6 Å². The summed E-state index contributed by atoms with van der Waals surface area (Å²) >= 11 is 4.53. The van der Waals surface area contributed by atoms with E-state index in [2.05, 4.69) is 41.6 Å². The molecule has 0 unspecified atom stereocenters. The van der Waals surface area contributed by atoms with Crippen molar-refractivity contribution in [1.82, 2.24) is 9.80 Å². The maximum absolute atomic E-state index is 13.3. The summed E-state index contributed by atoms with van der Waals surface area (Å²) in [5.74, 6) is -0.931. The molecule has 2 aromatic carbocycles. The summed E-state index contributed by atoms with van der Waals surface area (Å²) < 4.78 is 32.5. The predicted molar refractivity (Wildman–Crippen MR) is 167 cm³/mol. The van der Waals surface area contributed by atoms with E-state index < -0.39 is 10.1 Å². The number of unbranched alkanes of at least 4 members (excludes halogenated alkanes) is 2. The second kappa shape index (κ2) is 14.0. The average molecular weight is 661 g/mol. The van der Waals surface area contributed by atoms with E-state index in [1.54, 1.807) is 39.8 Å². The number of benzene rings is 2. The Balaban J connectivity index is 1.61. The zero-order chi connectivity index (χ0) is 29.6. The Kier molecular flexibility index (Phi) is 10.7. The first-order valence-electron chi connectivity index (χ1n) is 13.8. The Hall–Kier alpha value is -2.69. The number of amides is 2. The number of carbonyl (C=O) groups is 2. The van der Waals surface area contributed by atoms with Gasteiger partial charge >= 0.3 is 191 Å². The second-order valence-corrected chi connectivity index (χ2v) is 13.3. The molecular weight excluding hydrogens is 625 g/mol. The topological polar surface area (TPSA) is 98.2 Å². The Labute approximate surface area is 254 Å². The molecule has 2 aliphatic rings. The van der Waals surface area contributed by atoms with Crippen molar-refractivity contribution in [3.8, 4) is 0 Å². The summed E-state index contributed by atoms with van der Waals surface area (Å²) in [5.41, 5.74) is 1.10. The van der Waals surface area contributed by atoms with Crippen LogP contribution in [-0.2, 0) is 19.7 Å². The van der Waals surface area contributed by atoms with Gasteiger partial charge in [-0.3, -0.25) is 4.55 Å². The third kappa shape index (κ3) is 7.40. The van der Waals surface area contributed by atoms with E-state index in [0.29, 0.717) is 24.3 Å². The molecule has 8 nitrogen and oxygen atoms in total. The summed E-state index contributed by atoms with van der Waals surface area (Å²) in [7, 11) is -4.06. The molecule has 2 aromatic rings. The molecule has 0 aromatic heterocycles. The minimum atomic E-state index is -4.06. The number of anilines is 1. The molecule has 1 fully saturated rings. The number of rotatable bonds is 12. The van der Waals surface area contributed by atoms with Gasteiger partial charge in [0, 0.05) is 0 Å². The molecule has 4 rings (SSSR count). The third-order valence-electron chi connectivity index (χ3n) is 6.90. The van der Waals surface area contributed by atoms with Gasteiger partial charge in [-0.2, -0.15) is 8.42 Å². The van der Waals surface area contributed by atoms with E-state index in [4.69, 9.17) is 0 Å². The fourth-order valence-electron chi connectivity index (χ4n) is 4.75. The molecule has 41 heavy (non-hydrogen) atoms. The first-order valence-corrected chi connectivity index (χ1v) is 17.1. The second-order valence-electron chi connectivity index (χ2n) is 9.90. The molecule has 0 radical (unpaired) electrons. The molecule has 0 aliphatic carbocycles. The van der Waals surface area contributed by atoms with Crippen molar-refractivity contribution in [3.05, 3.63) is 71.3 Å². The van der Waals surface area contributed by atoms with Gasteiger partial charge < -0.3 is 0 Å². The third-order valence-corrected chi connectivity index (χ3v) is 9.83. The number of carbonyl (C=O) groups excluding carboxylic acids is 2. The van der Waals surface area contributed by atoms with Crippen molar-refractivity contribution in [2.75, 3.05) is 30.3 Å². The molecule has 2 aliphatic heterocycles. The van der Waals surface area contributed by atoms with Gasteiger partial charge in [-0.25, -0.2) is 0 Å². The van der Waals surface area contributed by atoms with Gasteiger partial charge in [-0.1, -0.05) is 30.3 Å². The maximum atomic E-state index is 13.3. The van der Waals surface area contributed by atoms with Crippen molar-refractivity contribution >= 4 is 70.4 Å². The van der Waals surface area contributed by atoms with Gasteiger partial charge in [0.15, 0.2) is 0 Å². The number of hydrogen-bond donors (Lipinski definition) is 1. The SMILES string of the molecule is CCCCN1C(=O)C(=CC=CC=C2Sc3c(ccc4ccccc34)N2CCCS(=O)(=O)O)C(=O)N(CCCC)C1=[Se]. The van der Waals surface area contributed by atoms with E-state index >= 15 is 0 Å². The molecule has 218 valence electrons. The van der Waals surface area contributed by atoms with E-state index in [9.17, 15) is 22.6 Å². The number of allylic oxidation sites excluding steroid dienone is 4. The van der Waals surface area contributed by atoms with Crippen LogP contribution < -0.4 is 4.90 Å². The van der Waals surface area contributed by atoms with Gasteiger partial charge in [0.25, 0.3) is 10.1 Å². The van der Waals surface area contributed by atoms with Gasteiger partial charge in [-0.15, -0.1) is 0 Å². The van der Waals surface area contributed by atoms with Crippen LogP contribution in [0.1, 0.15) is 46.0 Å². The van der Waals surface area contributed by atoms with Crippen LogP contribution in [0.15, 0.2) is 76.2 Å². The van der Waals surface area contributed by atoms with Crippen LogP contribution in [0.3, 0.4) is 0 Å². The molecule has 0 spiro atoms. The van der Waals surface area contributed by atoms with Crippen molar-refractivity contribution in [2.45, 2.75) is 50.8 Å². The van der Waals surface area contributed by atoms with Crippen LogP contribution >= 0.6 is 11.8 Å². The van der Waals surface area contributed by atoms with Crippen molar-refractivity contribution in [3.63, 3.8) is 0 Å². The molecule has 1 N–H and O–H groups in total. The zero-order valence-electron chi connectivity index (χ0n) is 23.3. The van der Waals surface area contributed by atoms with Crippen LogP contribution in [0.4, 0.5) is 5.69 Å². The Bertz CT molecular complexity index is 1500.